The summed E-state index contributed by atoms with van der Waals surface area (Å²) in [7, 11) is 1.69. The normalized spacial score (nSPS) is 11.2. The maximum absolute atomic E-state index is 11.6. The summed E-state index contributed by atoms with van der Waals surface area (Å²) in [5.74, 6) is -0.812. The number of nitrogens with two attached hydrogens (primary N) is 1. The number of hydrogen-bond acceptors (Lipinski definition) is 3. The van der Waals surface area contributed by atoms with Crippen molar-refractivity contribution in [1.82, 2.24) is 4.90 Å². The number of hydrogen-bond donors (Lipinski definition) is 2. The van der Waals surface area contributed by atoms with Gasteiger partial charge in [-0.25, -0.2) is 0 Å². The van der Waals surface area contributed by atoms with Gasteiger partial charge in [-0.15, -0.1) is 0 Å². The zero-order valence-electron chi connectivity index (χ0n) is 10.3. The minimum Gasteiger partial charge on any atom is -0.481 e. The summed E-state index contributed by atoms with van der Waals surface area (Å²) >= 11 is 0. The highest BCUT2D eigenvalue weighted by molar-refractivity contribution is 5.76. The van der Waals surface area contributed by atoms with Crippen LogP contribution in [0.5, 0.6) is 0 Å². The van der Waals surface area contributed by atoms with E-state index in [-0.39, 0.29) is 17.9 Å². The highest BCUT2D eigenvalue weighted by Crippen LogP contribution is 2.08. The summed E-state index contributed by atoms with van der Waals surface area (Å²) in [6.07, 6.45) is 1.63. The quantitative estimate of drug-likeness (QED) is 0.678. The van der Waals surface area contributed by atoms with Crippen molar-refractivity contribution >= 4 is 11.9 Å². The summed E-state index contributed by atoms with van der Waals surface area (Å²) in [6, 6.07) is 0. The molecule has 0 fully saturated rings. The Bertz CT molecular complexity index is 246. The van der Waals surface area contributed by atoms with Gasteiger partial charge in [0.05, 0.1) is 0 Å². The summed E-state index contributed by atoms with van der Waals surface area (Å²) in [5, 5.41) is 8.46. The predicted molar refractivity (Wildman–Crippen MR) is 62.0 cm³/mol. The Balaban J connectivity index is 3.78. The van der Waals surface area contributed by atoms with Gasteiger partial charge in [0.15, 0.2) is 0 Å². The molecule has 0 aromatic rings. The van der Waals surface area contributed by atoms with Crippen LogP contribution in [-0.2, 0) is 9.59 Å². The van der Waals surface area contributed by atoms with Gasteiger partial charge in [0.25, 0.3) is 0 Å². The van der Waals surface area contributed by atoms with E-state index in [0.29, 0.717) is 25.8 Å². The number of amides is 1. The molecule has 0 rings (SSSR count). The Kier molecular flexibility index (Phi) is 6.03. The molecule has 0 aliphatic carbocycles. The monoisotopic (exact) mass is 230 g/mol. The lowest BCUT2D eigenvalue weighted by Crippen LogP contribution is -2.35. The molecular formula is C11H22N2O3. The lowest BCUT2D eigenvalue weighted by atomic mass is 10.00. The van der Waals surface area contributed by atoms with Crippen LogP contribution in [-0.4, -0.2) is 41.0 Å². The van der Waals surface area contributed by atoms with E-state index in [1.54, 1.807) is 11.9 Å². The third-order valence-corrected chi connectivity index (χ3v) is 2.29. The second-order valence-electron chi connectivity index (χ2n) is 4.80. The van der Waals surface area contributed by atoms with Crippen LogP contribution < -0.4 is 5.73 Å². The Hall–Kier alpha value is -1.10. The Morgan fingerprint density at radius 2 is 1.88 bits per heavy atom. The highest BCUT2D eigenvalue weighted by atomic mass is 16.4. The van der Waals surface area contributed by atoms with Gasteiger partial charge in [-0.3, -0.25) is 9.59 Å². The minimum absolute atomic E-state index is 0.0175. The van der Waals surface area contributed by atoms with Gasteiger partial charge < -0.3 is 15.7 Å². The highest BCUT2D eigenvalue weighted by Gasteiger charge is 2.15. The van der Waals surface area contributed by atoms with Crippen molar-refractivity contribution in [2.75, 3.05) is 13.6 Å². The zero-order valence-corrected chi connectivity index (χ0v) is 10.3. The number of carboxylic acid groups (broad SMARTS) is 1. The molecule has 0 atom stereocenters. The molecule has 5 heteroatoms. The standard InChI is InChI=1S/C11H22N2O3/c1-11(2,12)7-6-9(14)13(3)8-4-5-10(15)16/h4-8,12H2,1-3H3,(H,15,16). The van der Waals surface area contributed by atoms with E-state index in [1.165, 1.54) is 0 Å². The summed E-state index contributed by atoms with van der Waals surface area (Å²) in [5.41, 5.74) is 5.44. The molecule has 1 amide bonds. The van der Waals surface area contributed by atoms with Crippen LogP contribution in [0.4, 0.5) is 0 Å². The molecule has 5 nitrogen and oxygen atoms in total. The van der Waals surface area contributed by atoms with Crippen LogP contribution >= 0.6 is 0 Å². The molecular weight excluding hydrogens is 208 g/mol. The first kappa shape index (κ1) is 14.9. The first-order chi connectivity index (χ1) is 7.22. The number of rotatable bonds is 7. The summed E-state index contributed by atoms with van der Waals surface area (Å²) in [4.78, 5) is 23.4. The molecule has 0 aliphatic heterocycles. The number of carbonyl (C=O) groups excluding carboxylic acids is 1. The van der Waals surface area contributed by atoms with Crippen molar-refractivity contribution in [3.8, 4) is 0 Å². The van der Waals surface area contributed by atoms with Crippen molar-refractivity contribution in [1.29, 1.82) is 0 Å². The molecule has 0 aromatic carbocycles. The molecule has 0 spiro atoms. The van der Waals surface area contributed by atoms with E-state index < -0.39 is 5.97 Å². The van der Waals surface area contributed by atoms with Crippen LogP contribution in [0.25, 0.3) is 0 Å². The van der Waals surface area contributed by atoms with Gasteiger partial charge in [0, 0.05) is 32.0 Å². The number of aliphatic carboxylic acids is 1. The largest absolute Gasteiger partial charge is 0.481 e. The van der Waals surface area contributed by atoms with Gasteiger partial charge in [-0.2, -0.15) is 0 Å². The second-order valence-corrected chi connectivity index (χ2v) is 4.80. The Morgan fingerprint density at radius 1 is 1.31 bits per heavy atom. The molecule has 0 saturated heterocycles. The molecule has 16 heavy (non-hydrogen) atoms. The van der Waals surface area contributed by atoms with Crippen molar-refractivity contribution < 1.29 is 14.7 Å². The first-order valence-corrected chi connectivity index (χ1v) is 5.47. The molecule has 0 heterocycles. The molecule has 0 aliphatic rings. The Labute approximate surface area is 96.6 Å². The van der Waals surface area contributed by atoms with Gasteiger partial charge in [-0.1, -0.05) is 0 Å². The van der Waals surface area contributed by atoms with Gasteiger partial charge in [-0.05, 0) is 26.7 Å². The summed E-state index contributed by atoms with van der Waals surface area (Å²) < 4.78 is 0. The maximum Gasteiger partial charge on any atom is 0.303 e. The SMILES string of the molecule is CN(CCCC(=O)O)C(=O)CCC(C)(C)N. The van der Waals surface area contributed by atoms with Gasteiger partial charge in [0.1, 0.15) is 0 Å². The van der Waals surface area contributed by atoms with E-state index in [2.05, 4.69) is 0 Å². The van der Waals surface area contributed by atoms with Gasteiger partial charge >= 0.3 is 5.97 Å². The lowest BCUT2D eigenvalue weighted by molar-refractivity contribution is -0.138. The molecule has 0 bridgehead atoms. The topological polar surface area (TPSA) is 83.6 Å². The molecule has 0 unspecified atom stereocenters. The van der Waals surface area contributed by atoms with E-state index in [9.17, 15) is 9.59 Å². The lowest BCUT2D eigenvalue weighted by Gasteiger charge is -2.21. The van der Waals surface area contributed by atoms with E-state index in [1.807, 2.05) is 13.8 Å². The van der Waals surface area contributed by atoms with Crippen LogP contribution in [0, 0.1) is 0 Å². The van der Waals surface area contributed by atoms with Crippen LogP contribution in [0.2, 0.25) is 0 Å². The second kappa shape index (κ2) is 6.48. The molecule has 0 radical (unpaired) electrons. The molecule has 0 aromatic heterocycles. The third-order valence-electron chi connectivity index (χ3n) is 2.29. The van der Waals surface area contributed by atoms with Crippen molar-refractivity contribution in [3.63, 3.8) is 0 Å². The fourth-order valence-corrected chi connectivity index (χ4v) is 1.21. The van der Waals surface area contributed by atoms with Gasteiger partial charge in [0.2, 0.25) is 5.91 Å². The molecule has 3 N–H and O–H groups in total. The number of nitrogens with zero attached hydrogens (tertiary/aromatic N) is 1. The summed E-state index contributed by atoms with van der Waals surface area (Å²) in [6.45, 7) is 4.24. The van der Waals surface area contributed by atoms with Crippen molar-refractivity contribution in [2.45, 2.75) is 45.1 Å². The smallest absolute Gasteiger partial charge is 0.303 e. The first-order valence-electron chi connectivity index (χ1n) is 5.47. The zero-order chi connectivity index (χ0) is 12.8. The maximum atomic E-state index is 11.6. The molecule has 94 valence electrons. The number of carbonyl (C=O) groups is 2. The fraction of sp³-hybridized carbons (Fsp3) is 0.818. The van der Waals surface area contributed by atoms with Crippen molar-refractivity contribution in [2.24, 2.45) is 5.73 Å². The predicted octanol–water partition coefficient (Wildman–Crippen LogP) is 0.827. The van der Waals surface area contributed by atoms with E-state index in [4.69, 9.17) is 10.8 Å². The van der Waals surface area contributed by atoms with E-state index >= 15 is 0 Å². The average molecular weight is 230 g/mol. The van der Waals surface area contributed by atoms with Crippen LogP contribution in [0.1, 0.15) is 39.5 Å². The third kappa shape index (κ3) is 8.23. The fourth-order valence-electron chi connectivity index (χ4n) is 1.21. The van der Waals surface area contributed by atoms with Crippen LogP contribution in [0.3, 0.4) is 0 Å². The molecule has 0 saturated carbocycles. The number of carboxylic acids is 1. The van der Waals surface area contributed by atoms with Crippen LogP contribution in [0.15, 0.2) is 0 Å². The Morgan fingerprint density at radius 3 is 2.31 bits per heavy atom. The van der Waals surface area contributed by atoms with Crippen molar-refractivity contribution in [3.05, 3.63) is 0 Å². The average Bonchev–Trinajstić information content (AvgIpc) is 2.12. The minimum atomic E-state index is -0.830. The van der Waals surface area contributed by atoms with E-state index in [0.717, 1.165) is 0 Å².